The Labute approximate surface area is 99.6 Å². The zero-order chi connectivity index (χ0) is 11.5. The molecule has 2 aromatic carbocycles. The van der Waals surface area contributed by atoms with Crippen LogP contribution in [0, 0.1) is 0 Å². The fourth-order valence-electron chi connectivity index (χ4n) is 1.85. The van der Waals surface area contributed by atoms with Crippen molar-refractivity contribution in [1.82, 2.24) is 10.2 Å². The van der Waals surface area contributed by atoms with E-state index in [2.05, 4.69) is 34.5 Å². The highest BCUT2D eigenvalue weighted by molar-refractivity contribution is 5.89. The molecule has 2 nitrogen and oxygen atoms in total. The van der Waals surface area contributed by atoms with Crippen LogP contribution in [0.15, 0.2) is 54.6 Å². The van der Waals surface area contributed by atoms with Gasteiger partial charge < -0.3 is 0 Å². The highest BCUT2D eigenvalue weighted by Gasteiger charge is 2.00. The lowest BCUT2D eigenvalue weighted by Crippen LogP contribution is -1.73. The van der Waals surface area contributed by atoms with E-state index in [0.717, 1.165) is 16.6 Å². The van der Waals surface area contributed by atoms with Crippen molar-refractivity contribution in [3.8, 4) is 0 Å². The number of hydrogen-bond donors (Lipinski definition) is 1. The number of H-pyrrole nitrogens is 1. The van der Waals surface area contributed by atoms with E-state index >= 15 is 0 Å². The molecule has 3 rings (SSSR count). The first-order valence-corrected chi connectivity index (χ1v) is 5.60. The SMILES string of the molecule is C(=Cc1n[nH]c2ccccc12)c1ccccc1. The molecular formula is C15H12N2. The van der Waals surface area contributed by atoms with Crippen molar-refractivity contribution >= 4 is 23.1 Å². The maximum Gasteiger partial charge on any atom is 0.0927 e. The second-order valence-corrected chi connectivity index (χ2v) is 3.90. The number of aromatic nitrogens is 2. The second-order valence-electron chi connectivity index (χ2n) is 3.90. The summed E-state index contributed by atoms with van der Waals surface area (Å²) < 4.78 is 0. The number of aromatic amines is 1. The predicted molar refractivity (Wildman–Crippen MR) is 71.5 cm³/mol. The quantitative estimate of drug-likeness (QED) is 0.700. The van der Waals surface area contributed by atoms with E-state index in [1.54, 1.807) is 0 Å². The Balaban J connectivity index is 1.98. The molecule has 0 aliphatic heterocycles. The molecule has 0 aliphatic rings. The number of hydrogen-bond acceptors (Lipinski definition) is 1. The highest BCUT2D eigenvalue weighted by Crippen LogP contribution is 2.17. The third-order valence-electron chi connectivity index (χ3n) is 2.73. The van der Waals surface area contributed by atoms with Crippen LogP contribution in [0.5, 0.6) is 0 Å². The van der Waals surface area contributed by atoms with Gasteiger partial charge in [0.05, 0.1) is 11.2 Å². The maximum atomic E-state index is 4.30. The van der Waals surface area contributed by atoms with E-state index in [4.69, 9.17) is 0 Å². The van der Waals surface area contributed by atoms with Crippen LogP contribution in [0.3, 0.4) is 0 Å². The van der Waals surface area contributed by atoms with Gasteiger partial charge in [0.15, 0.2) is 0 Å². The van der Waals surface area contributed by atoms with Gasteiger partial charge in [-0.1, -0.05) is 54.6 Å². The average molecular weight is 220 g/mol. The Bertz CT molecular complexity index is 651. The van der Waals surface area contributed by atoms with Gasteiger partial charge in [-0.05, 0) is 17.7 Å². The van der Waals surface area contributed by atoms with Gasteiger partial charge in [0.25, 0.3) is 0 Å². The summed E-state index contributed by atoms with van der Waals surface area (Å²) in [6.07, 6.45) is 4.11. The summed E-state index contributed by atoms with van der Waals surface area (Å²) in [5, 5.41) is 8.47. The molecule has 0 fully saturated rings. The fraction of sp³-hybridized carbons (Fsp3) is 0. The number of para-hydroxylation sites is 1. The smallest absolute Gasteiger partial charge is 0.0927 e. The minimum absolute atomic E-state index is 0.976. The third kappa shape index (κ3) is 1.97. The summed E-state index contributed by atoms with van der Waals surface area (Å²) in [7, 11) is 0. The van der Waals surface area contributed by atoms with Crippen molar-refractivity contribution in [2.24, 2.45) is 0 Å². The van der Waals surface area contributed by atoms with Crippen molar-refractivity contribution in [2.45, 2.75) is 0 Å². The van der Waals surface area contributed by atoms with Gasteiger partial charge in [-0.25, -0.2) is 0 Å². The predicted octanol–water partition coefficient (Wildman–Crippen LogP) is 3.73. The van der Waals surface area contributed by atoms with Crippen molar-refractivity contribution in [3.05, 3.63) is 65.9 Å². The zero-order valence-corrected chi connectivity index (χ0v) is 9.30. The summed E-state index contributed by atoms with van der Waals surface area (Å²) in [6.45, 7) is 0. The molecule has 0 atom stereocenters. The van der Waals surface area contributed by atoms with Crippen LogP contribution >= 0.6 is 0 Å². The molecule has 0 spiro atoms. The average Bonchev–Trinajstić information content (AvgIpc) is 2.81. The molecule has 0 aliphatic carbocycles. The Kier molecular flexibility index (Phi) is 2.47. The molecule has 82 valence electrons. The molecule has 0 amide bonds. The highest BCUT2D eigenvalue weighted by atomic mass is 15.1. The van der Waals surface area contributed by atoms with Gasteiger partial charge in [0.2, 0.25) is 0 Å². The number of nitrogens with zero attached hydrogens (tertiary/aromatic N) is 1. The van der Waals surface area contributed by atoms with Crippen molar-refractivity contribution < 1.29 is 0 Å². The molecule has 2 heteroatoms. The number of fused-ring (bicyclic) bond motifs is 1. The van der Waals surface area contributed by atoms with E-state index < -0.39 is 0 Å². The molecular weight excluding hydrogens is 208 g/mol. The Morgan fingerprint density at radius 3 is 2.47 bits per heavy atom. The van der Waals surface area contributed by atoms with Gasteiger partial charge in [0, 0.05) is 5.39 Å². The molecule has 0 bridgehead atoms. The van der Waals surface area contributed by atoms with Crippen molar-refractivity contribution in [3.63, 3.8) is 0 Å². The molecule has 0 saturated heterocycles. The standard InChI is InChI=1S/C15H12N2/c1-2-6-12(7-3-1)10-11-15-13-8-4-5-9-14(13)16-17-15/h1-11H,(H,16,17). The lowest BCUT2D eigenvalue weighted by molar-refractivity contribution is 1.11. The monoisotopic (exact) mass is 220 g/mol. The number of nitrogens with one attached hydrogen (secondary N) is 1. The molecule has 17 heavy (non-hydrogen) atoms. The molecule has 0 saturated carbocycles. The van der Waals surface area contributed by atoms with Gasteiger partial charge in [-0.15, -0.1) is 0 Å². The van der Waals surface area contributed by atoms with Crippen LogP contribution in [0.25, 0.3) is 23.1 Å². The van der Waals surface area contributed by atoms with Crippen LogP contribution in [0.2, 0.25) is 0 Å². The Morgan fingerprint density at radius 2 is 1.59 bits per heavy atom. The lowest BCUT2D eigenvalue weighted by Gasteiger charge is -1.91. The van der Waals surface area contributed by atoms with Gasteiger partial charge in [-0.3, -0.25) is 5.10 Å². The molecule has 0 radical (unpaired) electrons. The van der Waals surface area contributed by atoms with E-state index in [0.29, 0.717) is 0 Å². The summed E-state index contributed by atoms with van der Waals surface area (Å²) >= 11 is 0. The number of benzene rings is 2. The lowest BCUT2D eigenvalue weighted by atomic mass is 10.1. The Morgan fingerprint density at radius 1 is 0.824 bits per heavy atom. The second kappa shape index (κ2) is 4.26. The summed E-state index contributed by atoms with van der Waals surface area (Å²) in [4.78, 5) is 0. The van der Waals surface area contributed by atoms with E-state index in [1.807, 2.05) is 42.5 Å². The maximum absolute atomic E-state index is 4.30. The van der Waals surface area contributed by atoms with Crippen LogP contribution < -0.4 is 0 Å². The van der Waals surface area contributed by atoms with Gasteiger partial charge in [-0.2, -0.15) is 5.10 Å². The third-order valence-corrected chi connectivity index (χ3v) is 2.73. The minimum atomic E-state index is 0.976. The molecule has 1 aromatic heterocycles. The molecule has 3 aromatic rings. The normalized spacial score (nSPS) is 11.3. The first kappa shape index (κ1) is 9.85. The van der Waals surface area contributed by atoms with Crippen LogP contribution in [-0.4, -0.2) is 10.2 Å². The minimum Gasteiger partial charge on any atom is -0.277 e. The summed E-state index contributed by atoms with van der Waals surface area (Å²) in [5.74, 6) is 0. The van der Waals surface area contributed by atoms with Gasteiger partial charge >= 0.3 is 0 Å². The van der Waals surface area contributed by atoms with E-state index in [-0.39, 0.29) is 0 Å². The molecule has 0 unspecified atom stereocenters. The van der Waals surface area contributed by atoms with E-state index in [9.17, 15) is 0 Å². The van der Waals surface area contributed by atoms with Crippen molar-refractivity contribution in [2.75, 3.05) is 0 Å². The zero-order valence-electron chi connectivity index (χ0n) is 9.30. The van der Waals surface area contributed by atoms with Crippen LogP contribution in [-0.2, 0) is 0 Å². The Hall–Kier alpha value is -2.35. The van der Waals surface area contributed by atoms with Crippen LogP contribution in [0.4, 0.5) is 0 Å². The number of rotatable bonds is 2. The topological polar surface area (TPSA) is 28.7 Å². The summed E-state index contributed by atoms with van der Waals surface area (Å²) in [6, 6.07) is 18.4. The fourth-order valence-corrected chi connectivity index (χ4v) is 1.85. The molecule has 1 heterocycles. The van der Waals surface area contributed by atoms with Gasteiger partial charge in [0.1, 0.15) is 0 Å². The first-order valence-electron chi connectivity index (χ1n) is 5.60. The first-order chi connectivity index (χ1) is 8.43. The van der Waals surface area contributed by atoms with Crippen molar-refractivity contribution in [1.29, 1.82) is 0 Å². The molecule has 1 N–H and O–H groups in total. The summed E-state index contributed by atoms with van der Waals surface area (Å²) in [5.41, 5.74) is 3.23. The van der Waals surface area contributed by atoms with E-state index in [1.165, 1.54) is 5.56 Å². The van der Waals surface area contributed by atoms with Crippen LogP contribution in [0.1, 0.15) is 11.3 Å². The largest absolute Gasteiger partial charge is 0.277 e.